The van der Waals surface area contributed by atoms with Crippen molar-refractivity contribution in [3.8, 4) is 0 Å². The molecule has 2 rings (SSSR count). The SMILES string of the molecule is COCCN(C(=O)c1cc(C(F)(F)F)ccc1N)C1CC1. The Balaban J connectivity index is 2.28. The van der Waals surface area contributed by atoms with E-state index < -0.39 is 17.6 Å². The zero-order valence-electron chi connectivity index (χ0n) is 11.6. The molecule has 0 atom stereocenters. The molecule has 1 saturated carbocycles. The van der Waals surface area contributed by atoms with Crippen LogP contribution in [0.4, 0.5) is 18.9 Å². The first-order valence-corrected chi connectivity index (χ1v) is 6.61. The topological polar surface area (TPSA) is 55.6 Å². The molecule has 0 unspecified atom stereocenters. The number of alkyl halides is 3. The molecule has 1 aliphatic rings. The molecule has 0 saturated heterocycles. The molecule has 1 aliphatic carbocycles. The maximum absolute atomic E-state index is 12.8. The summed E-state index contributed by atoms with van der Waals surface area (Å²) >= 11 is 0. The summed E-state index contributed by atoms with van der Waals surface area (Å²) in [6.45, 7) is 0.677. The van der Waals surface area contributed by atoms with Gasteiger partial charge in [-0.05, 0) is 31.0 Å². The van der Waals surface area contributed by atoms with Crippen LogP contribution in [-0.4, -0.2) is 37.1 Å². The van der Waals surface area contributed by atoms with E-state index >= 15 is 0 Å². The maximum atomic E-state index is 12.8. The minimum Gasteiger partial charge on any atom is -0.398 e. The Bertz CT molecular complexity index is 527. The van der Waals surface area contributed by atoms with Gasteiger partial charge in [-0.3, -0.25) is 4.79 Å². The number of methoxy groups -OCH3 is 1. The van der Waals surface area contributed by atoms with Crippen LogP contribution in [0, 0.1) is 0 Å². The van der Waals surface area contributed by atoms with Crippen molar-refractivity contribution in [2.45, 2.75) is 25.1 Å². The standard InChI is InChI=1S/C14H17F3N2O2/c1-21-7-6-19(10-3-4-10)13(20)11-8-9(14(15,16)17)2-5-12(11)18/h2,5,8,10H,3-4,6-7,18H2,1H3. The number of ether oxygens (including phenoxy) is 1. The lowest BCUT2D eigenvalue weighted by atomic mass is 10.1. The van der Waals surface area contributed by atoms with Crippen LogP contribution in [0.3, 0.4) is 0 Å². The van der Waals surface area contributed by atoms with E-state index in [1.807, 2.05) is 0 Å². The summed E-state index contributed by atoms with van der Waals surface area (Å²) < 4.78 is 43.2. The second kappa shape index (κ2) is 5.93. The zero-order chi connectivity index (χ0) is 15.6. The highest BCUT2D eigenvalue weighted by atomic mass is 19.4. The number of nitrogens with two attached hydrogens (primary N) is 1. The summed E-state index contributed by atoms with van der Waals surface area (Å²) in [6, 6.07) is 2.89. The quantitative estimate of drug-likeness (QED) is 0.850. The van der Waals surface area contributed by atoms with Crippen molar-refractivity contribution in [2.75, 3.05) is 26.0 Å². The van der Waals surface area contributed by atoms with Crippen LogP contribution in [-0.2, 0) is 10.9 Å². The van der Waals surface area contributed by atoms with E-state index in [1.54, 1.807) is 0 Å². The molecule has 116 valence electrons. The first-order valence-electron chi connectivity index (χ1n) is 6.61. The largest absolute Gasteiger partial charge is 0.416 e. The number of hydrogen-bond acceptors (Lipinski definition) is 3. The van der Waals surface area contributed by atoms with Crippen molar-refractivity contribution in [1.82, 2.24) is 4.90 Å². The van der Waals surface area contributed by atoms with E-state index in [-0.39, 0.29) is 17.3 Å². The summed E-state index contributed by atoms with van der Waals surface area (Å²) in [5.41, 5.74) is 4.75. The predicted molar refractivity (Wildman–Crippen MR) is 71.8 cm³/mol. The zero-order valence-corrected chi connectivity index (χ0v) is 11.6. The minimum atomic E-state index is -4.50. The van der Waals surface area contributed by atoms with Gasteiger partial charge in [-0.2, -0.15) is 13.2 Å². The Morgan fingerprint density at radius 3 is 2.62 bits per heavy atom. The molecule has 0 aliphatic heterocycles. The van der Waals surface area contributed by atoms with Crippen LogP contribution in [0.1, 0.15) is 28.8 Å². The van der Waals surface area contributed by atoms with Crippen LogP contribution in [0.15, 0.2) is 18.2 Å². The second-order valence-corrected chi connectivity index (χ2v) is 5.02. The summed E-state index contributed by atoms with van der Waals surface area (Å²) in [7, 11) is 1.51. The number of amides is 1. The Morgan fingerprint density at radius 1 is 1.43 bits per heavy atom. The molecule has 1 aromatic carbocycles. The predicted octanol–water partition coefficient (Wildman–Crippen LogP) is 2.54. The smallest absolute Gasteiger partial charge is 0.398 e. The van der Waals surface area contributed by atoms with Gasteiger partial charge >= 0.3 is 6.18 Å². The fraction of sp³-hybridized carbons (Fsp3) is 0.500. The van der Waals surface area contributed by atoms with Crippen molar-refractivity contribution in [2.24, 2.45) is 0 Å². The summed E-state index contributed by atoms with van der Waals surface area (Å²) in [5.74, 6) is -0.474. The van der Waals surface area contributed by atoms with Gasteiger partial charge in [0, 0.05) is 25.4 Å². The van der Waals surface area contributed by atoms with E-state index in [0.29, 0.717) is 13.2 Å². The molecule has 0 aromatic heterocycles. The average Bonchev–Trinajstić information content (AvgIpc) is 3.22. The normalized spacial score (nSPS) is 15.0. The van der Waals surface area contributed by atoms with Crippen LogP contribution < -0.4 is 5.73 Å². The van der Waals surface area contributed by atoms with Crippen molar-refractivity contribution in [3.63, 3.8) is 0 Å². The maximum Gasteiger partial charge on any atom is 0.416 e. The van der Waals surface area contributed by atoms with Crippen LogP contribution in [0.5, 0.6) is 0 Å². The van der Waals surface area contributed by atoms with E-state index in [9.17, 15) is 18.0 Å². The summed E-state index contributed by atoms with van der Waals surface area (Å²) in [6.07, 6.45) is -2.79. The average molecular weight is 302 g/mol. The number of nitrogen functional groups attached to an aromatic ring is 1. The molecule has 1 aromatic rings. The number of carbonyl (C=O) groups excluding carboxylic acids is 1. The number of carbonyl (C=O) groups is 1. The first kappa shape index (κ1) is 15.6. The fourth-order valence-electron chi connectivity index (χ4n) is 2.10. The van der Waals surface area contributed by atoms with Gasteiger partial charge in [0.1, 0.15) is 0 Å². The molecule has 0 heterocycles. The van der Waals surface area contributed by atoms with Crippen LogP contribution in [0.2, 0.25) is 0 Å². The summed E-state index contributed by atoms with van der Waals surface area (Å²) in [4.78, 5) is 14.0. The van der Waals surface area contributed by atoms with Crippen molar-refractivity contribution in [1.29, 1.82) is 0 Å². The lowest BCUT2D eigenvalue weighted by Gasteiger charge is -2.23. The van der Waals surface area contributed by atoms with Gasteiger partial charge in [0.2, 0.25) is 0 Å². The minimum absolute atomic E-state index is 0.0519. The Kier molecular flexibility index (Phi) is 4.41. The van der Waals surface area contributed by atoms with Crippen LogP contribution in [0.25, 0.3) is 0 Å². The Morgan fingerprint density at radius 2 is 2.10 bits per heavy atom. The van der Waals surface area contributed by atoms with Gasteiger partial charge in [0.15, 0.2) is 0 Å². The van der Waals surface area contributed by atoms with Crippen LogP contribution >= 0.6 is 0 Å². The third-order valence-corrected chi connectivity index (χ3v) is 3.40. The Hall–Kier alpha value is -1.76. The number of hydrogen-bond donors (Lipinski definition) is 1. The molecule has 1 fully saturated rings. The third-order valence-electron chi connectivity index (χ3n) is 3.40. The lowest BCUT2D eigenvalue weighted by molar-refractivity contribution is -0.137. The monoisotopic (exact) mass is 302 g/mol. The number of rotatable bonds is 5. The van der Waals surface area contributed by atoms with Crippen molar-refractivity contribution in [3.05, 3.63) is 29.3 Å². The molecule has 0 radical (unpaired) electrons. The molecular weight excluding hydrogens is 285 g/mol. The number of halogens is 3. The van der Waals surface area contributed by atoms with Gasteiger partial charge in [-0.25, -0.2) is 0 Å². The molecular formula is C14H17F3N2O2. The molecule has 4 nitrogen and oxygen atoms in total. The number of nitrogens with zero attached hydrogens (tertiary/aromatic N) is 1. The first-order chi connectivity index (χ1) is 9.84. The number of benzene rings is 1. The lowest BCUT2D eigenvalue weighted by Crippen LogP contribution is -2.36. The summed E-state index contributed by atoms with van der Waals surface area (Å²) in [5, 5.41) is 0. The van der Waals surface area contributed by atoms with Gasteiger partial charge in [0.05, 0.1) is 17.7 Å². The molecule has 2 N–H and O–H groups in total. The van der Waals surface area contributed by atoms with Gasteiger partial charge < -0.3 is 15.4 Å². The fourth-order valence-corrected chi connectivity index (χ4v) is 2.10. The second-order valence-electron chi connectivity index (χ2n) is 5.02. The van der Waals surface area contributed by atoms with E-state index in [0.717, 1.165) is 31.0 Å². The third kappa shape index (κ3) is 3.66. The van der Waals surface area contributed by atoms with Gasteiger partial charge in [-0.15, -0.1) is 0 Å². The van der Waals surface area contributed by atoms with E-state index in [1.165, 1.54) is 12.0 Å². The highest BCUT2D eigenvalue weighted by Crippen LogP contribution is 2.33. The van der Waals surface area contributed by atoms with Crippen molar-refractivity contribution >= 4 is 11.6 Å². The molecule has 0 spiro atoms. The molecule has 7 heteroatoms. The highest BCUT2D eigenvalue weighted by molar-refractivity contribution is 5.99. The van der Waals surface area contributed by atoms with E-state index in [2.05, 4.69) is 0 Å². The van der Waals surface area contributed by atoms with Crippen molar-refractivity contribution < 1.29 is 22.7 Å². The van der Waals surface area contributed by atoms with Gasteiger partial charge in [0.25, 0.3) is 5.91 Å². The van der Waals surface area contributed by atoms with E-state index in [4.69, 9.17) is 10.5 Å². The highest BCUT2D eigenvalue weighted by Gasteiger charge is 2.35. The number of anilines is 1. The molecule has 21 heavy (non-hydrogen) atoms. The Labute approximate surface area is 120 Å². The molecule has 0 bridgehead atoms. The van der Waals surface area contributed by atoms with Gasteiger partial charge in [-0.1, -0.05) is 0 Å². The molecule has 1 amide bonds.